The highest BCUT2D eigenvalue weighted by Crippen LogP contribution is 2.27. The first kappa shape index (κ1) is 14.5. The van der Waals surface area contributed by atoms with Gasteiger partial charge in [-0.25, -0.2) is 0 Å². The van der Waals surface area contributed by atoms with Crippen LogP contribution < -0.4 is 0 Å². The molecular weight excluding hydrogens is 214 g/mol. The Balaban J connectivity index is 2.27. The summed E-state index contributed by atoms with van der Waals surface area (Å²) in [6.45, 7) is 2.46. The molecule has 0 bridgehead atoms. The lowest BCUT2D eigenvalue weighted by molar-refractivity contribution is -0.132. The third kappa shape index (κ3) is 4.66. The van der Waals surface area contributed by atoms with Crippen molar-refractivity contribution < 1.29 is 9.90 Å². The largest absolute Gasteiger partial charge is 0.396 e. The Hall–Kier alpha value is -0.570. The van der Waals surface area contributed by atoms with E-state index in [1.54, 1.807) is 0 Å². The second kappa shape index (κ2) is 7.70. The molecule has 0 aromatic rings. The van der Waals surface area contributed by atoms with Crippen LogP contribution in [0.2, 0.25) is 0 Å². The third-order valence-electron chi connectivity index (χ3n) is 4.01. The average molecular weight is 241 g/mol. The van der Waals surface area contributed by atoms with Gasteiger partial charge in [0.2, 0.25) is 5.91 Å². The molecule has 1 N–H and O–H groups in total. The number of amides is 1. The number of unbranched alkanes of at least 4 members (excludes halogenated alkanes) is 2. The smallest absolute Gasteiger partial charge is 0.222 e. The van der Waals surface area contributed by atoms with E-state index in [4.69, 9.17) is 5.11 Å². The fourth-order valence-corrected chi connectivity index (χ4v) is 2.62. The molecule has 0 unspecified atom stereocenters. The summed E-state index contributed by atoms with van der Waals surface area (Å²) in [4.78, 5) is 13.9. The molecule has 0 aromatic heterocycles. The van der Waals surface area contributed by atoms with E-state index in [1.165, 1.54) is 6.42 Å². The first-order valence-electron chi connectivity index (χ1n) is 7.05. The second-order valence-electron chi connectivity index (χ2n) is 5.32. The fraction of sp³-hybridized carbons (Fsp3) is 0.929. The van der Waals surface area contributed by atoms with Crippen LogP contribution in [0.1, 0.15) is 58.3 Å². The highest BCUT2D eigenvalue weighted by Gasteiger charge is 2.25. The maximum Gasteiger partial charge on any atom is 0.222 e. The number of carbonyl (C=O) groups is 1. The summed E-state index contributed by atoms with van der Waals surface area (Å²) < 4.78 is 0. The van der Waals surface area contributed by atoms with Crippen LogP contribution in [0.15, 0.2) is 0 Å². The summed E-state index contributed by atoms with van der Waals surface area (Å²) in [5.74, 6) is 0.765. The van der Waals surface area contributed by atoms with Crippen LogP contribution in [0.5, 0.6) is 0 Å². The van der Waals surface area contributed by atoms with Crippen molar-refractivity contribution in [1.29, 1.82) is 0 Å². The van der Waals surface area contributed by atoms with E-state index < -0.39 is 0 Å². The number of aliphatic hydroxyl groups is 1. The molecule has 17 heavy (non-hydrogen) atoms. The monoisotopic (exact) mass is 241 g/mol. The van der Waals surface area contributed by atoms with Crippen molar-refractivity contribution in [2.24, 2.45) is 5.92 Å². The fourth-order valence-electron chi connectivity index (χ4n) is 2.62. The zero-order chi connectivity index (χ0) is 12.7. The SMILES string of the molecule is CCCCCC(=O)N(C)C1CCC(CO)CC1. The standard InChI is InChI=1S/C14H27NO2/c1-3-4-5-6-14(17)15(2)13-9-7-12(11-16)8-10-13/h12-13,16H,3-11H2,1-2H3. The van der Waals surface area contributed by atoms with Crippen LogP contribution in [0.3, 0.4) is 0 Å². The van der Waals surface area contributed by atoms with Crippen LogP contribution >= 0.6 is 0 Å². The normalized spacial score (nSPS) is 24.6. The Morgan fingerprint density at radius 3 is 2.41 bits per heavy atom. The predicted molar refractivity (Wildman–Crippen MR) is 69.7 cm³/mol. The molecule has 1 aliphatic carbocycles. The number of hydrogen-bond acceptors (Lipinski definition) is 2. The van der Waals surface area contributed by atoms with Crippen LogP contribution in [-0.2, 0) is 4.79 Å². The summed E-state index contributed by atoms with van der Waals surface area (Å²) in [6, 6.07) is 0.409. The van der Waals surface area contributed by atoms with E-state index in [9.17, 15) is 4.79 Å². The van der Waals surface area contributed by atoms with Crippen LogP contribution in [0.25, 0.3) is 0 Å². The summed E-state index contributed by atoms with van der Waals surface area (Å²) >= 11 is 0. The van der Waals surface area contributed by atoms with Crippen molar-refractivity contribution in [3.8, 4) is 0 Å². The molecule has 0 saturated heterocycles. The zero-order valence-corrected chi connectivity index (χ0v) is 11.3. The molecule has 1 rings (SSSR count). The minimum atomic E-state index is 0.297. The number of nitrogens with zero attached hydrogens (tertiary/aromatic N) is 1. The molecule has 0 spiro atoms. The van der Waals surface area contributed by atoms with E-state index >= 15 is 0 Å². The van der Waals surface area contributed by atoms with Crippen molar-refractivity contribution in [2.75, 3.05) is 13.7 Å². The number of rotatable bonds is 6. The average Bonchev–Trinajstić information content (AvgIpc) is 2.38. The van der Waals surface area contributed by atoms with Gasteiger partial charge in [0.1, 0.15) is 0 Å². The maximum atomic E-state index is 11.9. The predicted octanol–water partition coefficient (Wildman–Crippen LogP) is 2.58. The first-order valence-corrected chi connectivity index (χ1v) is 7.05. The van der Waals surface area contributed by atoms with Gasteiger partial charge in [0.05, 0.1) is 0 Å². The van der Waals surface area contributed by atoms with E-state index in [1.807, 2.05) is 11.9 Å². The van der Waals surface area contributed by atoms with Crippen LogP contribution in [-0.4, -0.2) is 35.6 Å². The number of hydrogen-bond donors (Lipinski definition) is 1. The van der Waals surface area contributed by atoms with Gasteiger partial charge in [-0.05, 0) is 38.0 Å². The van der Waals surface area contributed by atoms with Crippen LogP contribution in [0.4, 0.5) is 0 Å². The highest BCUT2D eigenvalue weighted by molar-refractivity contribution is 5.76. The first-order chi connectivity index (χ1) is 8.19. The number of carbonyl (C=O) groups excluding carboxylic acids is 1. The van der Waals surface area contributed by atoms with E-state index in [0.717, 1.165) is 38.5 Å². The van der Waals surface area contributed by atoms with Gasteiger partial charge >= 0.3 is 0 Å². The van der Waals surface area contributed by atoms with Gasteiger partial charge in [-0.1, -0.05) is 19.8 Å². The maximum absolute atomic E-state index is 11.9. The Morgan fingerprint density at radius 2 is 1.88 bits per heavy atom. The minimum absolute atomic E-state index is 0.297. The Morgan fingerprint density at radius 1 is 1.24 bits per heavy atom. The summed E-state index contributed by atoms with van der Waals surface area (Å²) in [5, 5.41) is 9.09. The lowest BCUT2D eigenvalue weighted by Gasteiger charge is -2.34. The molecule has 0 heterocycles. The Bertz CT molecular complexity index is 222. The molecule has 3 heteroatoms. The van der Waals surface area contributed by atoms with Gasteiger partial charge in [-0.15, -0.1) is 0 Å². The van der Waals surface area contributed by atoms with E-state index in [0.29, 0.717) is 30.9 Å². The molecule has 0 radical (unpaired) electrons. The lowest BCUT2D eigenvalue weighted by atomic mass is 9.86. The summed E-state index contributed by atoms with van der Waals surface area (Å²) in [6.07, 6.45) is 8.27. The molecule has 1 amide bonds. The molecule has 0 aliphatic heterocycles. The molecule has 100 valence electrons. The minimum Gasteiger partial charge on any atom is -0.396 e. The van der Waals surface area contributed by atoms with Crippen molar-refractivity contribution in [3.63, 3.8) is 0 Å². The quantitative estimate of drug-likeness (QED) is 0.726. The number of aliphatic hydroxyl groups excluding tert-OH is 1. The van der Waals surface area contributed by atoms with Crippen molar-refractivity contribution in [2.45, 2.75) is 64.3 Å². The molecule has 0 atom stereocenters. The summed E-state index contributed by atoms with van der Waals surface area (Å²) in [7, 11) is 1.94. The van der Waals surface area contributed by atoms with Gasteiger partial charge in [-0.2, -0.15) is 0 Å². The molecular formula is C14H27NO2. The van der Waals surface area contributed by atoms with Gasteiger partial charge < -0.3 is 10.0 Å². The summed E-state index contributed by atoms with van der Waals surface area (Å²) in [5.41, 5.74) is 0. The van der Waals surface area contributed by atoms with Gasteiger partial charge in [0.25, 0.3) is 0 Å². The molecule has 1 saturated carbocycles. The van der Waals surface area contributed by atoms with E-state index in [-0.39, 0.29) is 0 Å². The van der Waals surface area contributed by atoms with Crippen molar-refractivity contribution >= 4 is 5.91 Å². The zero-order valence-electron chi connectivity index (χ0n) is 11.3. The highest BCUT2D eigenvalue weighted by atomic mass is 16.3. The third-order valence-corrected chi connectivity index (χ3v) is 4.01. The topological polar surface area (TPSA) is 40.5 Å². The van der Waals surface area contributed by atoms with Crippen LogP contribution in [0, 0.1) is 5.92 Å². The van der Waals surface area contributed by atoms with E-state index in [2.05, 4.69) is 6.92 Å². The Kier molecular flexibility index (Phi) is 6.56. The van der Waals surface area contributed by atoms with Crippen molar-refractivity contribution in [3.05, 3.63) is 0 Å². The molecule has 1 aliphatic rings. The lowest BCUT2D eigenvalue weighted by Crippen LogP contribution is -2.39. The molecule has 0 aromatic carbocycles. The second-order valence-corrected chi connectivity index (χ2v) is 5.32. The molecule has 3 nitrogen and oxygen atoms in total. The Labute approximate surface area is 105 Å². The molecule has 1 fully saturated rings. The van der Waals surface area contributed by atoms with Crippen molar-refractivity contribution in [1.82, 2.24) is 4.90 Å². The van der Waals surface area contributed by atoms with Gasteiger partial charge in [0.15, 0.2) is 0 Å². The van der Waals surface area contributed by atoms with Gasteiger partial charge in [-0.3, -0.25) is 4.79 Å². The van der Waals surface area contributed by atoms with Gasteiger partial charge in [0, 0.05) is 26.1 Å².